The molecule has 7 nitrogen and oxygen atoms in total. The van der Waals surface area contributed by atoms with Gasteiger partial charge in [0, 0.05) is 11.4 Å². The van der Waals surface area contributed by atoms with Gasteiger partial charge in [0.1, 0.15) is 0 Å². The monoisotopic (exact) mass is 506 g/mol. The number of esters is 1. The van der Waals surface area contributed by atoms with Crippen LogP contribution in [0.5, 0.6) is 0 Å². The third kappa shape index (κ3) is 6.82. The van der Waals surface area contributed by atoms with Crippen molar-refractivity contribution in [3.8, 4) is 0 Å². The highest BCUT2D eigenvalue weighted by molar-refractivity contribution is 7.92. The van der Waals surface area contributed by atoms with Crippen molar-refractivity contribution in [1.82, 2.24) is 0 Å². The van der Waals surface area contributed by atoms with E-state index in [2.05, 4.69) is 10.0 Å². The Bertz CT molecular complexity index is 1370. The number of nitrogens with one attached hydrogen (secondary N) is 2. The predicted molar refractivity (Wildman–Crippen MR) is 124 cm³/mol. The summed E-state index contributed by atoms with van der Waals surface area (Å²) in [7, 11) is -4.02. The van der Waals surface area contributed by atoms with E-state index < -0.39 is 40.2 Å². The second kappa shape index (κ2) is 10.2. The molecule has 35 heavy (non-hydrogen) atoms. The minimum absolute atomic E-state index is 0.0796. The van der Waals surface area contributed by atoms with Crippen LogP contribution in [0.25, 0.3) is 0 Å². The van der Waals surface area contributed by atoms with Crippen LogP contribution in [0.15, 0.2) is 71.6 Å². The molecule has 0 saturated heterocycles. The molecule has 0 unspecified atom stereocenters. The number of carbonyl (C=O) groups is 2. The molecule has 0 radical (unpaired) electrons. The molecule has 1 amide bonds. The Morgan fingerprint density at radius 2 is 1.60 bits per heavy atom. The quantitative estimate of drug-likeness (QED) is 0.443. The van der Waals surface area contributed by atoms with Gasteiger partial charge in [0.15, 0.2) is 6.61 Å². The summed E-state index contributed by atoms with van der Waals surface area (Å²) in [4.78, 5) is 24.4. The summed E-state index contributed by atoms with van der Waals surface area (Å²) < 4.78 is 71.3. The summed E-state index contributed by atoms with van der Waals surface area (Å²) in [6.07, 6.45) is -4.58. The van der Waals surface area contributed by atoms with Crippen molar-refractivity contribution in [2.45, 2.75) is 24.9 Å². The molecule has 0 aliphatic heterocycles. The number of aryl methyl sites for hydroxylation is 2. The van der Waals surface area contributed by atoms with Crippen LogP contribution < -0.4 is 10.0 Å². The van der Waals surface area contributed by atoms with Gasteiger partial charge in [-0.1, -0.05) is 24.3 Å². The van der Waals surface area contributed by atoms with Gasteiger partial charge in [-0.25, -0.2) is 13.2 Å². The van der Waals surface area contributed by atoms with Gasteiger partial charge in [0.25, 0.3) is 15.9 Å². The van der Waals surface area contributed by atoms with Crippen LogP contribution in [0, 0.1) is 13.8 Å². The molecule has 3 rings (SSSR count). The van der Waals surface area contributed by atoms with Gasteiger partial charge in [-0.3, -0.25) is 9.52 Å². The Kier molecular flexibility index (Phi) is 7.49. The van der Waals surface area contributed by atoms with Gasteiger partial charge in [0.05, 0.1) is 16.0 Å². The lowest BCUT2D eigenvalue weighted by atomic mass is 10.1. The van der Waals surface area contributed by atoms with Crippen LogP contribution in [0.3, 0.4) is 0 Å². The van der Waals surface area contributed by atoms with E-state index in [1.165, 1.54) is 18.2 Å². The van der Waals surface area contributed by atoms with Gasteiger partial charge in [-0.05, 0) is 67.4 Å². The van der Waals surface area contributed by atoms with Crippen molar-refractivity contribution >= 4 is 33.3 Å². The number of amides is 1. The number of benzene rings is 3. The highest BCUT2D eigenvalue weighted by Crippen LogP contribution is 2.30. The van der Waals surface area contributed by atoms with Crippen molar-refractivity contribution < 1.29 is 35.9 Å². The molecule has 0 spiro atoms. The van der Waals surface area contributed by atoms with Crippen LogP contribution >= 0.6 is 0 Å². The number of halogens is 3. The molecule has 3 aromatic rings. The second-order valence-corrected chi connectivity index (χ2v) is 9.34. The molecule has 0 aliphatic rings. The predicted octanol–water partition coefficient (Wildman–Crippen LogP) is 4.92. The summed E-state index contributed by atoms with van der Waals surface area (Å²) in [6.45, 7) is 2.58. The Labute approximate surface area is 200 Å². The first-order valence-electron chi connectivity index (χ1n) is 10.2. The lowest BCUT2D eigenvalue weighted by Gasteiger charge is -2.12. The summed E-state index contributed by atoms with van der Waals surface area (Å²) in [5.74, 6) is -1.82. The molecular formula is C24H21F3N2O5S. The summed E-state index contributed by atoms with van der Waals surface area (Å²) >= 11 is 0. The fraction of sp³-hybridized carbons (Fsp3) is 0.167. The number of ether oxygens (including phenoxy) is 1. The van der Waals surface area contributed by atoms with Crippen LogP contribution in [-0.2, 0) is 25.7 Å². The fourth-order valence-corrected chi connectivity index (χ4v) is 4.17. The summed E-state index contributed by atoms with van der Waals surface area (Å²) in [5, 5.41) is 2.22. The Balaban J connectivity index is 1.69. The molecule has 3 aromatic carbocycles. The lowest BCUT2D eigenvalue weighted by molar-refractivity contribution is -0.137. The molecule has 2 N–H and O–H groups in total. The maximum atomic E-state index is 12.8. The van der Waals surface area contributed by atoms with E-state index in [4.69, 9.17) is 4.74 Å². The molecule has 0 saturated carbocycles. The van der Waals surface area contributed by atoms with Crippen molar-refractivity contribution in [3.05, 3.63) is 89.0 Å². The highest BCUT2D eigenvalue weighted by atomic mass is 32.2. The Hall–Kier alpha value is -3.86. The van der Waals surface area contributed by atoms with Gasteiger partial charge >= 0.3 is 12.1 Å². The van der Waals surface area contributed by atoms with Crippen LogP contribution in [0.4, 0.5) is 24.5 Å². The zero-order chi connectivity index (χ0) is 25.8. The van der Waals surface area contributed by atoms with Gasteiger partial charge in [0.2, 0.25) is 0 Å². The smallest absolute Gasteiger partial charge is 0.416 e. The molecule has 0 aliphatic carbocycles. The number of alkyl halides is 3. The molecule has 0 heterocycles. The molecule has 0 bridgehead atoms. The minimum Gasteiger partial charge on any atom is -0.452 e. The first kappa shape index (κ1) is 25.8. The molecule has 0 fully saturated rings. The maximum absolute atomic E-state index is 12.8. The zero-order valence-electron chi connectivity index (χ0n) is 18.6. The molecular weight excluding hydrogens is 485 g/mol. The normalized spacial score (nSPS) is 11.6. The highest BCUT2D eigenvalue weighted by Gasteiger charge is 2.30. The minimum atomic E-state index is -4.58. The molecule has 11 heteroatoms. The average Bonchev–Trinajstić information content (AvgIpc) is 2.77. The van der Waals surface area contributed by atoms with E-state index >= 15 is 0 Å². The van der Waals surface area contributed by atoms with E-state index in [0.29, 0.717) is 11.3 Å². The van der Waals surface area contributed by atoms with E-state index in [1.807, 2.05) is 0 Å². The van der Waals surface area contributed by atoms with Crippen LogP contribution in [0.2, 0.25) is 0 Å². The topological polar surface area (TPSA) is 102 Å². The van der Waals surface area contributed by atoms with Gasteiger partial charge in [-0.2, -0.15) is 13.2 Å². The number of sulfonamides is 1. The maximum Gasteiger partial charge on any atom is 0.416 e. The number of hydrogen-bond donors (Lipinski definition) is 2. The Morgan fingerprint density at radius 1 is 0.914 bits per heavy atom. The van der Waals surface area contributed by atoms with Crippen molar-refractivity contribution in [2.75, 3.05) is 16.6 Å². The SMILES string of the molecule is Cc1cccc(NS(=O)(=O)c2ccc(C)c(C(=O)OCC(=O)Nc3cccc(C(F)(F)F)c3)c2)c1. The van der Waals surface area contributed by atoms with Crippen molar-refractivity contribution in [3.63, 3.8) is 0 Å². The molecule has 0 aromatic heterocycles. The number of anilines is 2. The zero-order valence-corrected chi connectivity index (χ0v) is 19.5. The summed E-state index contributed by atoms with van der Waals surface area (Å²) in [5.41, 5.74) is 0.460. The first-order chi connectivity index (χ1) is 16.3. The average molecular weight is 507 g/mol. The lowest BCUT2D eigenvalue weighted by Crippen LogP contribution is -2.22. The van der Waals surface area contributed by atoms with E-state index in [0.717, 1.165) is 29.8 Å². The second-order valence-electron chi connectivity index (χ2n) is 7.65. The summed E-state index contributed by atoms with van der Waals surface area (Å²) in [6, 6.07) is 14.6. The Morgan fingerprint density at radius 3 is 2.29 bits per heavy atom. The van der Waals surface area contributed by atoms with E-state index in [-0.39, 0.29) is 16.1 Å². The van der Waals surface area contributed by atoms with Crippen molar-refractivity contribution in [2.24, 2.45) is 0 Å². The fourth-order valence-electron chi connectivity index (χ4n) is 3.09. The van der Waals surface area contributed by atoms with Gasteiger partial charge in [-0.15, -0.1) is 0 Å². The van der Waals surface area contributed by atoms with E-state index in [9.17, 15) is 31.2 Å². The van der Waals surface area contributed by atoms with E-state index in [1.54, 1.807) is 38.1 Å². The third-order valence-electron chi connectivity index (χ3n) is 4.82. The molecule has 0 atom stereocenters. The standard InChI is InChI=1S/C24H21F3N2O5S/c1-15-5-3-8-19(11-15)29-35(32,33)20-10-9-16(2)21(13-20)23(31)34-14-22(30)28-18-7-4-6-17(12-18)24(25,26)27/h3-13,29H,14H2,1-2H3,(H,28,30). The number of rotatable bonds is 7. The van der Waals surface area contributed by atoms with Crippen molar-refractivity contribution in [1.29, 1.82) is 0 Å². The molecule has 184 valence electrons. The van der Waals surface area contributed by atoms with Gasteiger partial charge < -0.3 is 10.1 Å². The first-order valence-corrected chi connectivity index (χ1v) is 11.7. The largest absolute Gasteiger partial charge is 0.452 e. The van der Waals surface area contributed by atoms with Crippen LogP contribution in [-0.4, -0.2) is 26.9 Å². The number of hydrogen-bond acceptors (Lipinski definition) is 5. The van der Waals surface area contributed by atoms with Crippen LogP contribution in [0.1, 0.15) is 27.0 Å². The number of carbonyl (C=O) groups excluding carboxylic acids is 2. The third-order valence-corrected chi connectivity index (χ3v) is 6.20.